The van der Waals surface area contributed by atoms with Crippen molar-refractivity contribution >= 4 is 11.8 Å². The molecule has 0 amide bonds. The number of carbonyl (C=O) groups is 1. The van der Waals surface area contributed by atoms with Crippen LogP contribution in [0.2, 0.25) is 0 Å². The number of aromatic nitrogens is 2. The van der Waals surface area contributed by atoms with Gasteiger partial charge in [-0.2, -0.15) is 0 Å². The first-order valence-electron chi connectivity index (χ1n) is 7.43. The highest BCUT2D eigenvalue weighted by Crippen LogP contribution is 2.21. The van der Waals surface area contributed by atoms with Gasteiger partial charge < -0.3 is 9.30 Å². The monoisotopic (exact) mass is 271 g/mol. The standard InChI is InChI=1S/C16H21N3O/c1-2-18-6-3-4-13(11-18)9-16-17-10-15-8-14(12-20)5-7-19(15)16/h5,7-8,10,12-13H,2-4,6,9,11H2,1H3. The van der Waals surface area contributed by atoms with Crippen molar-refractivity contribution in [2.24, 2.45) is 5.92 Å². The van der Waals surface area contributed by atoms with Crippen molar-refractivity contribution in [2.75, 3.05) is 19.6 Å². The van der Waals surface area contributed by atoms with Gasteiger partial charge in [0.15, 0.2) is 0 Å². The van der Waals surface area contributed by atoms with E-state index in [4.69, 9.17) is 0 Å². The fraction of sp³-hybridized carbons (Fsp3) is 0.500. The summed E-state index contributed by atoms with van der Waals surface area (Å²) in [4.78, 5) is 17.9. The average Bonchev–Trinajstić information content (AvgIpc) is 2.89. The lowest BCUT2D eigenvalue weighted by atomic mass is 9.94. The Morgan fingerprint density at radius 2 is 2.40 bits per heavy atom. The molecule has 1 aliphatic heterocycles. The Bertz CT molecular complexity index is 605. The molecule has 106 valence electrons. The Balaban J connectivity index is 1.79. The van der Waals surface area contributed by atoms with Gasteiger partial charge in [0.25, 0.3) is 0 Å². The van der Waals surface area contributed by atoms with Crippen molar-refractivity contribution in [3.63, 3.8) is 0 Å². The van der Waals surface area contributed by atoms with Crippen molar-refractivity contribution in [1.82, 2.24) is 14.3 Å². The highest BCUT2D eigenvalue weighted by Gasteiger charge is 2.20. The topological polar surface area (TPSA) is 37.6 Å². The first kappa shape index (κ1) is 13.3. The van der Waals surface area contributed by atoms with E-state index in [1.54, 1.807) is 0 Å². The van der Waals surface area contributed by atoms with Gasteiger partial charge >= 0.3 is 0 Å². The van der Waals surface area contributed by atoms with Crippen LogP contribution in [0.4, 0.5) is 0 Å². The molecule has 2 aromatic heterocycles. The van der Waals surface area contributed by atoms with Crippen LogP contribution in [-0.2, 0) is 6.42 Å². The minimum atomic E-state index is 0.694. The summed E-state index contributed by atoms with van der Waals surface area (Å²) in [5, 5.41) is 0. The molecule has 3 rings (SSSR count). The Hall–Kier alpha value is -1.68. The largest absolute Gasteiger partial charge is 0.304 e. The lowest BCUT2D eigenvalue weighted by Gasteiger charge is -2.31. The molecule has 0 radical (unpaired) electrons. The van der Waals surface area contributed by atoms with Crippen LogP contribution in [0, 0.1) is 5.92 Å². The Morgan fingerprint density at radius 3 is 3.20 bits per heavy atom. The van der Waals surface area contributed by atoms with Crippen LogP contribution in [0.3, 0.4) is 0 Å². The predicted octanol–water partition coefficient (Wildman–Crippen LogP) is 2.42. The SMILES string of the molecule is CCN1CCCC(Cc2ncc3cc(C=O)ccn23)C1. The van der Waals surface area contributed by atoms with Crippen molar-refractivity contribution in [3.05, 3.63) is 35.9 Å². The molecule has 3 heterocycles. The summed E-state index contributed by atoms with van der Waals surface area (Å²) < 4.78 is 2.11. The zero-order valence-electron chi connectivity index (χ0n) is 12.0. The van der Waals surface area contributed by atoms with Gasteiger partial charge in [-0.3, -0.25) is 4.79 Å². The molecule has 4 heteroatoms. The highest BCUT2D eigenvalue weighted by atomic mass is 16.1. The summed E-state index contributed by atoms with van der Waals surface area (Å²) >= 11 is 0. The maximum atomic E-state index is 10.8. The van der Waals surface area contributed by atoms with Crippen molar-refractivity contribution in [3.8, 4) is 0 Å². The Kier molecular flexibility index (Phi) is 3.83. The number of piperidine rings is 1. The zero-order valence-corrected chi connectivity index (χ0v) is 12.0. The second kappa shape index (κ2) is 5.75. The molecular formula is C16H21N3O. The van der Waals surface area contributed by atoms with E-state index in [2.05, 4.69) is 21.2 Å². The van der Waals surface area contributed by atoms with E-state index in [1.807, 2.05) is 24.5 Å². The maximum absolute atomic E-state index is 10.8. The lowest BCUT2D eigenvalue weighted by Crippen LogP contribution is -2.36. The van der Waals surface area contributed by atoms with Crippen LogP contribution in [0.15, 0.2) is 24.5 Å². The minimum Gasteiger partial charge on any atom is -0.304 e. The fourth-order valence-electron chi connectivity index (χ4n) is 3.16. The summed E-state index contributed by atoms with van der Waals surface area (Å²) in [7, 11) is 0. The molecule has 4 nitrogen and oxygen atoms in total. The van der Waals surface area contributed by atoms with Crippen LogP contribution in [-0.4, -0.2) is 40.2 Å². The molecule has 0 N–H and O–H groups in total. The van der Waals surface area contributed by atoms with Crippen molar-refractivity contribution in [2.45, 2.75) is 26.2 Å². The number of hydrogen-bond acceptors (Lipinski definition) is 3. The molecule has 1 atom stereocenters. The van der Waals surface area contributed by atoms with Gasteiger partial charge in [-0.15, -0.1) is 0 Å². The van der Waals surface area contributed by atoms with Crippen LogP contribution in [0.25, 0.3) is 5.52 Å². The molecule has 0 aromatic carbocycles. The van der Waals surface area contributed by atoms with Gasteiger partial charge in [0.05, 0.1) is 11.7 Å². The highest BCUT2D eigenvalue weighted by molar-refractivity contribution is 5.77. The van der Waals surface area contributed by atoms with E-state index < -0.39 is 0 Å². The molecule has 0 aliphatic carbocycles. The van der Waals surface area contributed by atoms with Crippen LogP contribution in [0.5, 0.6) is 0 Å². The summed E-state index contributed by atoms with van der Waals surface area (Å²) in [5.41, 5.74) is 1.71. The van der Waals surface area contributed by atoms with E-state index in [0.29, 0.717) is 11.5 Å². The van der Waals surface area contributed by atoms with Crippen LogP contribution in [0.1, 0.15) is 35.9 Å². The van der Waals surface area contributed by atoms with Crippen LogP contribution >= 0.6 is 0 Å². The molecular weight excluding hydrogens is 250 g/mol. The number of pyridine rings is 1. The number of rotatable bonds is 4. The molecule has 0 saturated carbocycles. The molecule has 1 saturated heterocycles. The number of likely N-dealkylation sites (tertiary alicyclic amines) is 1. The normalized spacial score (nSPS) is 20.4. The Labute approximate surface area is 119 Å². The third-order valence-corrected chi connectivity index (χ3v) is 4.29. The molecule has 1 unspecified atom stereocenters. The number of aldehydes is 1. The van der Waals surface area contributed by atoms with Crippen molar-refractivity contribution in [1.29, 1.82) is 0 Å². The lowest BCUT2D eigenvalue weighted by molar-refractivity contribution is 0.112. The quantitative estimate of drug-likeness (QED) is 0.801. The van der Waals surface area contributed by atoms with Gasteiger partial charge in [-0.1, -0.05) is 6.92 Å². The number of nitrogens with zero attached hydrogens (tertiary/aromatic N) is 3. The van der Waals surface area contributed by atoms with Gasteiger partial charge in [0.1, 0.15) is 12.1 Å². The van der Waals surface area contributed by atoms with Crippen molar-refractivity contribution < 1.29 is 4.79 Å². The second-order valence-corrected chi connectivity index (χ2v) is 5.65. The van der Waals surface area contributed by atoms with Gasteiger partial charge in [0, 0.05) is 24.7 Å². The molecule has 20 heavy (non-hydrogen) atoms. The minimum absolute atomic E-state index is 0.694. The zero-order chi connectivity index (χ0) is 13.9. The predicted molar refractivity (Wildman–Crippen MR) is 79.1 cm³/mol. The van der Waals surface area contributed by atoms with Gasteiger partial charge in [0.2, 0.25) is 0 Å². The molecule has 0 spiro atoms. The van der Waals surface area contributed by atoms with E-state index >= 15 is 0 Å². The summed E-state index contributed by atoms with van der Waals surface area (Å²) in [6, 6.07) is 3.74. The Morgan fingerprint density at radius 1 is 1.50 bits per heavy atom. The molecule has 1 aliphatic rings. The smallest absolute Gasteiger partial charge is 0.150 e. The average molecular weight is 271 g/mol. The molecule has 0 bridgehead atoms. The van der Waals surface area contributed by atoms with Gasteiger partial charge in [-0.25, -0.2) is 4.98 Å². The number of carbonyl (C=O) groups excluding carboxylic acids is 1. The second-order valence-electron chi connectivity index (χ2n) is 5.65. The van der Waals surface area contributed by atoms with E-state index in [0.717, 1.165) is 30.6 Å². The maximum Gasteiger partial charge on any atom is 0.150 e. The summed E-state index contributed by atoms with van der Waals surface area (Å²) in [6.07, 6.45) is 8.30. The first-order chi connectivity index (χ1) is 9.80. The molecule has 2 aromatic rings. The summed E-state index contributed by atoms with van der Waals surface area (Å²) in [6.45, 7) is 5.78. The number of hydrogen-bond donors (Lipinski definition) is 0. The number of imidazole rings is 1. The number of fused-ring (bicyclic) bond motifs is 1. The first-order valence-corrected chi connectivity index (χ1v) is 7.43. The molecule has 1 fully saturated rings. The third kappa shape index (κ3) is 2.61. The van der Waals surface area contributed by atoms with E-state index in [9.17, 15) is 4.79 Å². The van der Waals surface area contributed by atoms with E-state index in [1.165, 1.54) is 25.9 Å². The third-order valence-electron chi connectivity index (χ3n) is 4.29. The summed E-state index contributed by atoms with van der Waals surface area (Å²) in [5.74, 6) is 1.81. The fourth-order valence-corrected chi connectivity index (χ4v) is 3.16. The van der Waals surface area contributed by atoms with E-state index in [-0.39, 0.29) is 0 Å². The van der Waals surface area contributed by atoms with Gasteiger partial charge in [-0.05, 0) is 44.0 Å². The van der Waals surface area contributed by atoms with Crippen LogP contribution < -0.4 is 0 Å².